The molecular formula is C19H22N2O3S. The highest BCUT2D eigenvalue weighted by Crippen LogP contribution is 2.23. The molecule has 0 aliphatic carbocycles. The van der Waals surface area contributed by atoms with E-state index in [0.29, 0.717) is 37.5 Å². The molecule has 6 heteroatoms. The lowest BCUT2D eigenvalue weighted by Gasteiger charge is -2.34. The molecule has 0 saturated carbocycles. The van der Waals surface area contributed by atoms with Crippen LogP contribution in [-0.4, -0.2) is 54.9 Å². The van der Waals surface area contributed by atoms with E-state index in [1.807, 2.05) is 36.9 Å². The number of methoxy groups -OCH3 is 1. The van der Waals surface area contributed by atoms with E-state index < -0.39 is 0 Å². The van der Waals surface area contributed by atoms with Crippen LogP contribution in [0, 0.1) is 13.8 Å². The molecule has 0 spiro atoms. The van der Waals surface area contributed by atoms with Crippen molar-refractivity contribution in [3.63, 3.8) is 0 Å². The number of ether oxygens (including phenoxy) is 1. The Morgan fingerprint density at radius 1 is 1.00 bits per heavy atom. The fourth-order valence-electron chi connectivity index (χ4n) is 3.06. The van der Waals surface area contributed by atoms with Gasteiger partial charge in [-0.25, -0.2) is 0 Å². The zero-order valence-electron chi connectivity index (χ0n) is 14.7. The fraction of sp³-hybridized carbons (Fsp3) is 0.368. The van der Waals surface area contributed by atoms with Crippen LogP contribution in [0.5, 0.6) is 5.75 Å². The van der Waals surface area contributed by atoms with Crippen molar-refractivity contribution in [2.45, 2.75) is 13.8 Å². The van der Waals surface area contributed by atoms with E-state index >= 15 is 0 Å². The molecule has 0 bridgehead atoms. The summed E-state index contributed by atoms with van der Waals surface area (Å²) in [7, 11) is 1.59. The normalized spacial score (nSPS) is 14.5. The van der Waals surface area contributed by atoms with Gasteiger partial charge in [0.1, 0.15) is 5.75 Å². The molecule has 5 nitrogen and oxygen atoms in total. The van der Waals surface area contributed by atoms with Crippen molar-refractivity contribution in [2.24, 2.45) is 0 Å². The Morgan fingerprint density at radius 2 is 1.64 bits per heavy atom. The topological polar surface area (TPSA) is 49.9 Å². The van der Waals surface area contributed by atoms with Crippen molar-refractivity contribution in [1.29, 1.82) is 0 Å². The molecule has 0 radical (unpaired) electrons. The minimum Gasteiger partial charge on any atom is -0.497 e. The molecule has 1 fully saturated rings. The van der Waals surface area contributed by atoms with Crippen molar-refractivity contribution in [3.8, 4) is 5.75 Å². The summed E-state index contributed by atoms with van der Waals surface area (Å²) in [6, 6.07) is 9.12. The van der Waals surface area contributed by atoms with Gasteiger partial charge in [0.25, 0.3) is 11.8 Å². The molecule has 1 saturated heterocycles. The number of amides is 2. The molecule has 2 amide bonds. The van der Waals surface area contributed by atoms with Gasteiger partial charge < -0.3 is 14.5 Å². The molecule has 0 unspecified atom stereocenters. The van der Waals surface area contributed by atoms with E-state index in [1.54, 1.807) is 35.5 Å². The monoisotopic (exact) mass is 358 g/mol. The predicted octanol–water partition coefficient (Wildman–Crippen LogP) is 2.97. The molecule has 1 aromatic heterocycles. The van der Waals surface area contributed by atoms with Gasteiger partial charge in [-0.05, 0) is 38.1 Å². The lowest BCUT2D eigenvalue weighted by molar-refractivity contribution is 0.0535. The number of rotatable bonds is 3. The predicted molar refractivity (Wildman–Crippen MR) is 98.6 cm³/mol. The number of benzene rings is 1. The van der Waals surface area contributed by atoms with Gasteiger partial charge in [-0.3, -0.25) is 9.59 Å². The van der Waals surface area contributed by atoms with Gasteiger partial charge in [-0.1, -0.05) is 6.07 Å². The van der Waals surface area contributed by atoms with Crippen LogP contribution in [0.2, 0.25) is 0 Å². The van der Waals surface area contributed by atoms with Gasteiger partial charge in [0.05, 0.1) is 12.7 Å². The molecular weight excluding hydrogens is 336 g/mol. The van der Waals surface area contributed by atoms with Crippen LogP contribution >= 0.6 is 11.3 Å². The number of hydrogen-bond acceptors (Lipinski definition) is 4. The number of carbonyl (C=O) groups excluding carboxylic acids is 2. The zero-order valence-corrected chi connectivity index (χ0v) is 15.6. The number of aryl methyl sites for hydroxylation is 2. The quantitative estimate of drug-likeness (QED) is 0.848. The van der Waals surface area contributed by atoms with Crippen LogP contribution in [-0.2, 0) is 0 Å². The van der Waals surface area contributed by atoms with Crippen molar-refractivity contribution in [1.82, 2.24) is 9.80 Å². The average Bonchev–Trinajstić information content (AvgIpc) is 2.99. The Balaban J connectivity index is 1.64. The number of hydrogen-bond donors (Lipinski definition) is 0. The van der Waals surface area contributed by atoms with Gasteiger partial charge in [0.15, 0.2) is 0 Å². The summed E-state index contributed by atoms with van der Waals surface area (Å²) in [4.78, 5) is 31.1. The molecule has 132 valence electrons. The first-order valence-electron chi connectivity index (χ1n) is 8.29. The standard InChI is InChI=1S/C19H22N2O3S/c1-13-11-17(14(2)25-13)19(23)21-9-7-20(8-10-21)18(22)15-5-4-6-16(12-15)24-3/h4-6,11-12H,7-10H2,1-3H3. The van der Waals surface area contributed by atoms with Crippen molar-refractivity contribution < 1.29 is 14.3 Å². The van der Waals surface area contributed by atoms with Gasteiger partial charge in [0, 0.05) is 41.5 Å². The maximum absolute atomic E-state index is 12.7. The van der Waals surface area contributed by atoms with E-state index in [2.05, 4.69) is 0 Å². The van der Waals surface area contributed by atoms with Gasteiger partial charge in [-0.2, -0.15) is 0 Å². The maximum Gasteiger partial charge on any atom is 0.255 e. The number of piperazine rings is 1. The summed E-state index contributed by atoms with van der Waals surface area (Å²) in [5.74, 6) is 0.715. The van der Waals surface area contributed by atoms with Crippen LogP contribution in [0.25, 0.3) is 0 Å². The lowest BCUT2D eigenvalue weighted by atomic mass is 10.1. The second-order valence-corrected chi connectivity index (χ2v) is 7.60. The molecule has 1 aliphatic heterocycles. The minimum atomic E-state index is -0.0199. The second kappa shape index (κ2) is 7.27. The smallest absolute Gasteiger partial charge is 0.255 e. The highest BCUT2D eigenvalue weighted by Gasteiger charge is 2.26. The number of carbonyl (C=O) groups is 2. The Labute approximate surface area is 151 Å². The van der Waals surface area contributed by atoms with Crippen LogP contribution < -0.4 is 4.74 Å². The maximum atomic E-state index is 12.7. The highest BCUT2D eigenvalue weighted by molar-refractivity contribution is 7.12. The first-order chi connectivity index (χ1) is 12.0. The molecule has 1 aliphatic rings. The average molecular weight is 358 g/mol. The third-order valence-corrected chi connectivity index (χ3v) is 5.41. The summed E-state index contributed by atoms with van der Waals surface area (Å²) in [6.07, 6.45) is 0. The molecule has 3 rings (SSSR count). The largest absolute Gasteiger partial charge is 0.497 e. The van der Waals surface area contributed by atoms with Crippen LogP contribution in [0.3, 0.4) is 0 Å². The first-order valence-corrected chi connectivity index (χ1v) is 9.11. The van der Waals surface area contributed by atoms with E-state index in [0.717, 1.165) is 15.3 Å². The third kappa shape index (κ3) is 3.69. The van der Waals surface area contributed by atoms with Crippen LogP contribution in [0.15, 0.2) is 30.3 Å². The molecule has 0 N–H and O–H groups in total. The summed E-state index contributed by atoms with van der Waals surface area (Å²) in [5, 5.41) is 0. The Hall–Kier alpha value is -2.34. The third-order valence-electron chi connectivity index (χ3n) is 4.44. The first kappa shape index (κ1) is 17.5. The van der Waals surface area contributed by atoms with E-state index in [9.17, 15) is 9.59 Å². The number of thiophene rings is 1. The molecule has 1 aromatic carbocycles. The van der Waals surface area contributed by atoms with Crippen molar-refractivity contribution in [2.75, 3.05) is 33.3 Å². The minimum absolute atomic E-state index is 0.0199. The summed E-state index contributed by atoms with van der Waals surface area (Å²) in [5.41, 5.74) is 1.40. The lowest BCUT2D eigenvalue weighted by Crippen LogP contribution is -2.50. The van der Waals surface area contributed by atoms with Crippen LogP contribution in [0.4, 0.5) is 0 Å². The molecule has 2 heterocycles. The highest BCUT2D eigenvalue weighted by atomic mass is 32.1. The van der Waals surface area contributed by atoms with E-state index in [-0.39, 0.29) is 11.8 Å². The SMILES string of the molecule is COc1cccc(C(=O)N2CCN(C(=O)c3cc(C)sc3C)CC2)c1. The van der Waals surface area contributed by atoms with Gasteiger partial charge >= 0.3 is 0 Å². The Bertz CT molecular complexity index is 792. The molecule has 0 atom stereocenters. The summed E-state index contributed by atoms with van der Waals surface area (Å²) in [6.45, 7) is 6.20. The molecule has 2 aromatic rings. The summed E-state index contributed by atoms with van der Waals surface area (Å²) < 4.78 is 5.18. The van der Waals surface area contributed by atoms with Crippen molar-refractivity contribution >= 4 is 23.2 Å². The Morgan fingerprint density at radius 3 is 2.20 bits per heavy atom. The van der Waals surface area contributed by atoms with Gasteiger partial charge in [0.2, 0.25) is 0 Å². The number of nitrogens with zero attached hydrogens (tertiary/aromatic N) is 2. The van der Waals surface area contributed by atoms with Crippen LogP contribution in [0.1, 0.15) is 30.5 Å². The second-order valence-electron chi connectivity index (χ2n) is 6.14. The van der Waals surface area contributed by atoms with E-state index in [1.165, 1.54) is 0 Å². The van der Waals surface area contributed by atoms with E-state index in [4.69, 9.17) is 4.74 Å². The molecule has 25 heavy (non-hydrogen) atoms. The fourth-order valence-corrected chi connectivity index (χ4v) is 3.98. The Kier molecular flexibility index (Phi) is 5.08. The summed E-state index contributed by atoms with van der Waals surface area (Å²) >= 11 is 1.64. The zero-order chi connectivity index (χ0) is 18.0. The van der Waals surface area contributed by atoms with Crippen molar-refractivity contribution in [3.05, 3.63) is 51.2 Å². The van der Waals surface area contributed by atoms with Gasteiger partial charge in [-0.15, -0.1) is 11.3 Å².